The zero-order valence-corrected chi connectivity index (χ0v) is 14.9. The number of methoxy groups -OCH3 is 1. The standard InChI is InChI=1S/C22H21NO3/c1-15(25)23-9-8-19-12-20(17-5-3-4-16(10-17)14-24)11-18-6-7-21(26-2)13-22(18)19/h3-7,10-14H,8-9H2,1-2H3,(H,23,25). The van der Waals surface area contributed by atoms with Crippen LogP contribution in [0.5, 0.6) is 5.75 Å². The Kier molecular flexibility index (Phi) is 5.32. The van der Waals surface area contributed by atoms with Gasteiger partial charge in [-0.15, -0.1) is 0 Å². The number of nitrogens with one attached hydrogen (secondary N) is 1. The Morgan fingerprint density at radius 2 is 1.92 bits per heavy atom. The van der Waals surface area contributed by atoms with E-state index in [0.717, 1.165) is 39.5 Å². The van der Waals surface area contributed by atoms with Gasteiger partial charge in [-0.1, -0.05) is 30.3 Å². The summed E-state index contributed by atoms with van der Waals surface area (Å²) in [5.41, 5.74) is 3.82. The monoisotopic (exact) mass is 347 g/mol. The Morgan fingerprint density at radius 1 is 1.08 bits per heavy atom. The van der Waals surface area contributed by atoms with Crippen molar-refractivity contribution in [1.82, 2.24) is 5.32 Å². The van der Waals surface area contributed by atoms with E-state index in [0.29, 0.717) is 18.5 Å². The molecule has 4 nitrogen and oxygen atoms in total. The van der Waals surface area contributed by atoms with Crippen molar-refractivity contribution in [3.63, 3.8) is 0 Å². The largest absolute Gasteiger partial charge is 0.497 e. The minimum absolute atomic E-state index is 0.0401. The average Bonchev–Trinajstić information content (AvgIpc) is 2.67. The maximum Gasteiger partial charge on any atom is 0.216 e. The number of aldehydes is 1. The molecule has 4 heteroatoms. The highest BCUT2D eigenvalue weighted by Gasteiger charge is 2.08. The molecule has 3 aromatic rings. The quantitative estimate of drug-likeness (QED) is 0.686. The third kappa shape index (κ3) is 3.91. The summed E-state index contributed by atoms with van der Waals surface area (Å²) in [5, 5.41) is 5.05. The molecule has 0 spiro atoms. The van der Waals surface area contributed by atoms with Gasteiger partial charge in [0.05, 0.1) is 7.11 Å². The third-order valence-electron chi connectivity index (χ3n) is 4.37. The van der Waals surface area contributed by atoms with E-state index in [-0.39, 0.29) is 5.91 Å². The number of benzene rings is 3. The van der Waals surface area contributed by atoms with Crippen LogP contribution in [0.1, 0.15) is 22.8 Å². The van der Waals surface area contributed by atoms with Crippen LogP contribution in [0.25, 0.3) is 21.9 Å². The first-order valence-electron chi connectivity index (χ1n) is 8.51. The molecule has 3 rings (SSSR count). The Balaban J connectivity index is 2.09. The minimum Gasteiger partial charge on any atom is -0.497 e. The molecular formula is C22H21NO3. The van der Waals surface area contributed by atoms with Gasteiger partial charge in [0.25, 0.3) is 0 Å². The van der Waals surface area contributed by atoms with Gasteiger partial charge in [0.1, 0.15) is 12.0 Å². The molecule has 0 saturated carbocycles. The van der Waals surface area contributed by atoms with E-state index in [4.69, 9.17) is 4.74 Å². The summed E-state index contributed by atoms with van der Waals surface area (Å²) in [6.45, 7) is 2.09. The first-order valence-corrected chi connectivity index (χ1v) is 8.51. The maximum atomic E-state index is 11.2. The van der Waals surface area contributed by atoms with Crippen LogP contribution in [-0.4, -0.2) is 25.8 Å². The lowest BCUT2D eigenvalue weighted by atomic mass is 9.94. The van der Waals surface area contributed by atoms with E-state index in [9.17, 15) is 9.59 Å². The fourth-order valence-corrected chi connectivity index (χ4v) is 3.08. The highest BCUT2D eigenvalue weighted by Crippen LogP contribution is 2.31. The second kappa shape index (κ2) is 7.83. The number of carbonyl (C=O) groups excluding carboxylic acids is 2. The van der Waals surface area contributed by atoms with Crippen LogP contribution in [0.4, 0.5) is 0 Å². The van der Waals surface area contributed by atoms with Crippen LogP contribution < -0.4 is 10.1 Å². The lowest BCUT2D eigenvalue weighted by molar-refractivity contribution is -0.118. The lowest BCUT2D eigenvalue weighted by Gasteiger charge is -2.13. The van der Waals surface area contributed by atoms with Crippen LogP contribution in [0.15, 0.2) is 54.6 Å². The number of hydrogen-bond donors (Lipinski definition) is 1. The van der Waals surface area contributed by atoms with Crippen molar-refractivity contribution >= 4 is 23.0 Å². The Bertz CT molecular complexity index is 963. The molecule has 0 bridgehead atoms. The number of fused-ring (bicyclic) bond motifs is 1. The molecule has 1 N–H and O–H groups in total. The molecule has 0 unspecified atom stereocenters. The van der Waals surface area contributed by atoms with Crippen molar-refractivity contribution in [3.8, 4) is 16.9 Å². The van der Waals surface area contributed by atoms with Gasteiger partial charge in [-0.25, -0.2) is 0 Å². The first-order chi connectivity index (χ1) is 12.6. The molecule has 0 aliphatic rings. The van der Waals surface area contributed by atoms with Crippen LogP contribution in [0, 0.1) is 0 Å². The van der Waals surface area contributed by atoms with Crippen LogP contribution in [0.3, 0.4) is 0 Å². The zero-order valence-electron chi connectivity index (χ0n) is 14.9. The summed E-state index contributed by atoms with van der Waals surface area (Å²) in [6.07, 6.45) is 1.57. The van der Waals surface area contributed by atoms with Gasteiger partial charge in [-0.3, -0.25) is 9.59 Å². The molecule has 0 saturated heterocycles. The van der Waals surface area contributed by atoms with Gasteiger partial charge in [0.2, 0.25) is 5.91 Å². The van der Waals surface area contributed by atoms with E-state index in [1.807, 2.05) is 36.4 Å². The Morgan fingerprint density at radius 3 is 2.65 bits per heavy atom. The highest BCUT2D eigenvalue weighted by molar-refractivity contribution is 5.92. The van der Waals surface area contributed by atoms with Crippen LogP contribution in [0.2, 0.25) is 0 Å². The van der Waals surface area contributed by atoms with E-state index in [1.165, 1.54) is 6.92 Å². The third-order valence-corrected chi connectivity index (χ3v) is 4.37. The summed E-state index contributed by atoms with van der Waals surface area (Å²) in [6, 6.07) is 17.8. The Hall–Kier alpha value is -3.14. The fraction of sp³-hybridized carbons (Fsp3) is 0.182. The molecule has 132 valence electrons. The summed E-state index contributed by atoms with van der Waals surface area (Å²) in [5.74, 6) is 0.760. The lowest BCUT2D eigenvalue weighted by Crippen LogP contribution is -2.22. The van der Waals surface area contributed by atoms with E-state index in [1.54, 1.807) is 13.2 Å². The van der Waals surface area contributed by atoms with Crippen molar-refractivity contribution < 1.29 is 14.3 Å². The predicted octanol–water partition coefficient (Wildman–Crippen LogP) is 4.01. The second-order valence-electron chi connectivity index (χ2n) is 6.20. The molecule has 26 heavy (non-hydrogen) atoms. The van der Waals surface area contributed by atoms with Crippen molar-refractivity contribution in [3.05, 3.63) is 65.7 Å². The molecule has 1 amide bonds. The van der Waals surface area contributed by atoms with E-state index in [2.05, 4.69) is 17.4 Å². The molecule has 0 heterocycles. The van der Waals surface area contributed by atoms with E-state index < -0.39 is 0 Å². The van der Waals surface area contributed by atoms with E-state index >= 15 is 0 Å². The van der Waals surface area contributed by atoms with Crippen molar-refractivity contribution in [2.75, 3.05) is 13.7 Å². The van der Waals surface area contributed by atoms with Gasteiger partial charge in [0, 0.05) is 19.0 Å². The molecule has 3 aromatic carbocycles. The normalized spacial score (nSPS) is 10.5. The van der Waals surface area contributed by atoms with Crippen molar-refractivity contribution in [1.29, 1.82) is 0 Å². The molecule has 0 aliphatic carbocycles. The van der Waals surface area contributed by atoms with Gasteiger partial charge < -0.3 is 10.1 Å². The number of ether oxygens (including phenoxy) is 1. The van der Waals surface area contributed by atoms with Gasteiger partial charge in [-0.2, -0.15) is 0 Å². The second-order valence-corrected chi connectivity index (χ2v) is 6.20. The Labute approximate surface area is 152 Å². The highest BCUT2D eigenvalue weighted by atomic mass is 16.5. The zero-order chi connectivity index (χ0) is 18.5. The number of hydrogen-bond acceptors (Lipinski definition) is 3. The molecular weight excluding hydrogens is 326 g/mol. The maximum absolute atomic E-state index is 11.2. The summed E-state index contributed by atoms with van der Waals surface area (Å²) < 4.78 is 5.36. The van der Waals surface area contributed by atoms with Crippen molar-refractivity contribution in [2.24, 2.45) is 0 Å². The SMILES string of the molecule is COc1ccc2cc(-c3cccc(C=O)c3)cc(CCNC(C)=O)c2c1. The molecule has 0 aromatic heterocycles. The number of carbonyl (C=O) groups is 2. The van der Waals surface area contributed by atoms with Crippen LogP contribution >= 0.6 is 0 Å². The fourth-order valence-electron chi connectivity index (χ4n) is 3.08. The molecule has 0 radical (unpaired) electrons. The number of rotatable bonds is 6. The average molecular weight is 347 g/mol. The van der Waals surface area contributed by atoms with Gasteiger partial charge in [-0.05, 0) is 58.1 Å². The molecule has 0 atom stereocenters. The summed E-state index contributed by atoms with van der Waals surface area (Å²) in [4.78, 5) is 22.3. The minimum atomic E-state index is -0.0401. The number of amides is 1. The topological polar surface area (TPSA) is 55.4 Å². The van der Waals surface area contributed by atoms with Gasteiger partial charge >= 0.3 is 0 Å². The molecule has 0 aliphatic heterocycles. The summed E-state index contributed by atoms with van der Waals surface area (Å²) in [7, 11) is 1.65. The smallest absolute Gasteiger partial charge is 0.216 e. The first kappa shape index (κ1) is 17.7. The van der Waals surface area contributed by atoms with Crippen LogP contribution in [-0.2, 0) is 11.2 Å². The van der Waals surface area contributed by atoms with Crippen molar-refractivity contribution in [2.45, 2.75) is 13.3 Å². The predicted molar refractivity (Wildman–Crippen MR) is 104 cm³/mol. The van der Waals surface area contributed by atoms with Gasteiger partial charge in [0.15, 0.2) is 0 Å². The molecule has 0 fully saturated rings. The summed E-state index contributed by atoms with van der Waals surface area (Å²) >= 11 is 0.